The van der Waals surface area contributed by atoms with Crippen LogP contribution in [-0.2, 0) is 6.54 Å². The molecule has 2 aromatic rings. The van der Waals surface area contributed by atoms with E-state index in [-0.39, 0.29) is 6.04 Å². The zero-order valence-corrected chi connectivity index (χ0v) is 9.56. The Labute approximate surface area is 95.3 Å². The number of para-hydroxylation sites is 2. The fourth-order valence-corrected chi connectivity index (χ4v) is 1.94. The Bertz CT molecular complexity index is 475. The van der Waals surface area contributed by atoms with Gasteiger partial charge >= 0.3 is 0 Å². The first-order valence-electron chi connectivity index (χ1n) is 5.68. The summed E-state index contributed by atoms with van der Waals surface area (Å²) in [6, 6.07) is 7.91. The minimum Gasteiger partial charge on any atom is -0.328 e. The molecular weight excluding hydrogens is 200 g/mol. The van der Waals surface area contributed by atoms with E-state index in [2.05, 4.69) is 22.5 Å². The van der Waals surface area contributed by atoms with Crippen molar-refractivity contribution < 1.29 is 0 Å². The fourth-order valence-electron chi connectivity index (χ4n) is 1.94. The normalized spacial score (nSPS) is 13.2. The molecular formula is C12H18N4. The van der Waals surface area contributed by atoms with Crippen molar-refractivity contribution >= 4 is 11.0 Å². The Morgan fingerprint density at radius 3 is 2.81 bits per heavy atom. The van der Waals surface area contributed by atoms with Crippen LogP contribution >= 0.6 is 0 Å². The largest absolute Gasteiger partial charge is 0.328 e. The molecule has 0 saturated heterocycles. The molecule has 0 saturated carbocycles. The molecule has 4 N–H and O–H groups in total. The molecule has 1 heterocycles. The molecule has 0 aliphatic heterocycles. The van der Waals surface area contributed by atoms with Crippen LogP contribution in [0.3, 0.4) is 0 Å². The number of hydrogen-bond acceptors (Lipinski definition) is 3. The van der Waals surface area contributed by atoms with Crippen molar-refractivity contribution in [3.63, 3.8) is 0 Å². The first-order valence-corrected chi connectivity index (χ1v) is 5.68. The molecule has 1 atom stereocenters. The Morgan fingerprint density at radius 2 is 2.12 bits per heavy atom. The van der Waals surface area contributed by atoms with Gasteiger partial charge in [-0.3, -0.25) is 0 Å². The molecule has 0 fully saturated rings. The molecule has 1 aromatic heterocycles. The number of nitrogens with zero attached hydrogens (tertiary/aromatic N) is 2. The summed E-state index contributed by atoms with van der Waals surface area (Å²) in [4.78, 5) is 4.56. The van der Waals surface area contributed by atoms with Gasteiger partial charge in [0.1, 0.15) is 5.82 Å². The van der Waals surface area contributed by atoms with Crippen molar-refractivity contribution in [3.8, 4) is 0 Å². The van der Waals surface area contributed by atoms with Crippen molar-refractivity contribution in [1.29, 1.82) is 0 Å². The van der Waals surface area contributed by atoms with Gasteiger partial charge in [-0.15, -0.1) is 0 Å². The second kappa shape index (κ2) is 4.63. The quantitative estimate of drug-likeness (QED) is 0.815. The van der Waals surface area contributed by atoms with E-state index in [1.165, 1.54) is 0 Å². The van der Waals surface area contributed by atoms with E-state index >= 15 is 0 Å². The number of fused-ring (bicyclic) bond motifs is 1. The molecule has 16 heavy (non-hydrogen) atoms. The molecule has 86 valence electrons. The van der Waals surface area contributed by atoms with Gasteiger partial charge in [-0.2, -0.15) is 0 Å². The molecule has 1 aromatic carbocycles. The number of aryl methyl sites for hydroxylation is 1. The van der Waals surface area contributed by atoms with Crippen LogP contribution in [0.1, 0.15) is 25.2 Å². The molecule has 1 unspecified atom stereocenters. The lowest BCUT2D eigenvalue weighted by atomic mass is 10.3. The smallest absolute Gasteiger partial charge is 0.128 e. The highest BCUT2D eigenvalue weighted by Gasteiger charge is 2.14. The maximum atomic E-state index is 5.98. The lowest BCUT2D eigenvalue weighted by Crippen LogP contribution is -2.24. The van der Waals surface area contributed by atoms with Gasteiger partial charge in [-0.25, -0.2) is 4.98 Å². The third kappa shape index (κ3) is 1.81. The first-order chi connectivity index (χ1) is 7.77. The summed E-state index contributed by atoms with van der Waals surface area (Å²) in [7, 11) is 0. The fraction of sp³-hybridized carbons (Fsp3) is 0.417. The number of aromatic nitrogens is 2. The average Bonchev–Trinajstić information content (AvgIpc) is 2.68. The van der Waals surface area contributed by atoms with Crippen molar-refractivity contribution in [2.24, 2.45) is 11.5 Å². The molecule has 0 aliphatic carbocycles. The topological polar surface area (TPSA) is 69.9 Å². The standard InChI is InChI=1S/C12H18N4/c1-2-7-16-11-6-4-3-5-10(11)15-12(16)9(14)8-13/h3-6,9H,2,7-8,13-14H2,1H3. The van der Waals surface area contributed by atoms with Gasteiger partial charge in [-0.1, -0.05) is 19.1 Å². The highest BCUT2D eigenvalue weighted by Crippen LogP contribution is 2.19. The van der Waals surface area contributed by atoms with Gasteiger partial charge in [0.05, 0.1) is 17.1 Å². The van der Waals surface area contributed by atoms with Gasteiger partial charge in [0.25, 0.3) is 0 Å². The van der Waals surface area contributed by atoms with E-state index in [4.69, 9.17) is 11.5 Å². The minimum absolute atomic E-state index is 0.182. The van der Waals surface area contributed by atoms with E-state index in [1.54, 1.807) is 0 Å². The summed E-state index contributed by atoms with van der Waals surface area (Å²) in [5.74, 6) is 0.894. The third-order valence-corrected chi connectivity index (χ3v) is 2.72. The monoisotopic (exact) mass is 218 g/mol. The molecule has 4 heteroatoms. The van der Waals surface area contributed by atoms with Crippen LogP contribution in [-0.4, -0.2) is 16.1 Å². The maximum Gasteiger partial charge on any atom is 0.128 e. The number of rotatable bonds is 4. The summed E-state index contributed by atoms with van der Waals surface area (Å²) < 4.78 is 2.17. The zero-order chi connectivity index (χ0) is 11.5. The van der Waals surface area contributed by atoms with Gasteiger partial charge in [0.2, 0.25) is 0 Å². The summed E-state index contributed by atoms with van der Waals surface area (Å²) >= 11 is 0. The molecule has 0 amide bonds. The van der Waals surface area contributed by atoms with Crippen molar-refractivity contribution in [2.45, 2.75) is 25.9 Å². The van der Waals surface area contributed by atoms with Crippen molar-refractivity contribution in [1.82, 2.24) is 9.55 Å². The van der Waals surface area contributed by atoms with Gasteiger partial charge in [-0.05, 0) is 18.6 Å². The predicted octanol–water partition coefficient (Wildman–Crippen LogP) is 1.40. The third-order valence-electron chi connectivity index (χ3n) is 2.72. The first kappa shape index (κ1) is 11.1. The summed E-state index contributed by atoms with van der Waals surface area (Å²) in [5.41, 5.74) is 13.7. The van der Waals surface area contributed by atoms with Crippen LogP contribution in [0.5, 0.6) is 0 Å². The summed E-state index contributed by atoms with van der Waals surface area (Å²) in [6.45, 7) is 3.50. The Morgan fingerprint density at radius 1 is 1.38 bits per heavy atom. The number of imidazole rings is 1. The summed E-state index contributed by atoms with van der Waals surface area (Å²) in [6.07, 6.45) is 1.06. The lowest BCUT2D eigenvalue weighted by molar-refractivity contribution is 0.592. The Kier molecular flexibility index (Phi) is 3.22. The van der Waals surface area contributed by atoms with Crippen molar-refractivity contribution in [2.75, 3.05) is 6.54 Å². The predicted molar refractivity (Wildman–Crippen MR) is 66.0 cm³/mol. The van der Waals surface area contributed by atoms with E-state index < -0.39 is 0 Å². The van der Waals surface area contributed by atoms with Crippen molar-refractivity contribution in [3.05, 3.63) is 30.1 Å². The second-order valence-corrected chi connectivity index (χ2v) is 3.95. The SMILES string of the molecule is CCCn1c(C(N)CN)nc2ccccc21. The molecule has 0 spiro atoms. The number of benzene rings is 1. The molecule has 0 aliphatic rings. The lowest BCUT2D eigenvalue weighted by Gasteiger charge is -2.11. The number of hydrogen-bond donors (Lipinski definition) is 2. The zero-order valence-electron chi connectivity index (χ0n) is 9.56. The summed E-state index contributed by atoms with van der Waals surface area (Å²) in [5, 5.41) is 0. The van der Waals surface area contributed by atoms with E-state index in [9.17, 15) is 0 Å². The van der Waals surface area contributed by atoms with Gasteiger partial charge < -0.3 is 16.0 Å². The molecule has 0 bridgehead atoms. The van der Waals surface area contributed by atoms with Crippen LogP contribution < -0.4 is 11.5 Å². The molecule has 2 rings (SSSR count). The van der Waals surface area contributed by atoms with E-state index in [1.807, 2.05) is 18.2 Å². The van der Waals surface area contributed by atoms with E-state index in [0.29, 0.717) is 6.54 Å². The number of nitrogens with two attached hydrogens (primary N) is 2. The Balaban J connectivity index is 2.58. The van der Waals surface area contributed by atoms with E-state index in [0.717, 1.165) is 29.8 Å². The van der Waals surface area contributed by atoms with Crippen LogP contribution in [0.2, 0.25) is 0 Å². The van der Waals surface area contributed by atoms with Crippen LogP contribution in [0.15, 0.2) is 24.3 Å². The van der Waals surface area contributed by atoms with Gasteiger partial charge in [0, 0.05) is 13.1 Å². The Hall–Kier alpha value is -1.39. The molecule has 4 nitrogen and oxygen atoms in total. The minimum atomic E-state index is -0.182. The molecule has 0 radical (unpaired) electrons. The highest BCUT2D eigenvalue weighted by atomic mass is 15.1. The highest BCUT2D eigenvalue weighted by molar-refractivity contribution is 5.76. The van der Waals surface area contributed by atoms with Crippen LogP contribution in [0, 0.1) is 0 Å². The van der Waals surface area contributed by atoms with Gasteiger partial charge in [0.15, 0.2) is 0 Å². The second-order valence-electron chi connectivity index (χ2n) is 3.95. The van der Waals surface area contributed by atoms with Crippen LogP contribution in [0.4, 0.5) is 0 Å². The van der Waals surface area contributed by atoms with Crippen LogP contribution in [0.25, 0.3) is 11.0 Å². The average molecular weight is 218 g/mol. The maximum absolute atomic E-state index is 5.98.